The molecular formula is C8H17W-. The van der Waals surface area contributed by atoms with Gasteiger partial charge in [-0.25, -0.2) is 0 Å². The third-order valence-corrected chi connectivity index (χ3v) is 0.333. The van der Waals surface area contributed by atoms with Gasteiger partial charge < -0.3 is 6.58 Å². The molecule has 56 valence electrons. The Morgan fingerprint density at radius 2 is 1.11 bits per heavy atom. The van der Waals surface area contributed by atoms with Crippen molar-refractivity contribution in [2.24, 2.45) is 0 Å². The average Bonchev–Trinajstić information content (AvgIpc) is 1.69. The van der Waals surface area contributed by atoms with E-state index in [1.54, 1.807) is 6.92 Å². The molecule has 0 saturated heterocycles. The molecule has 9 heavy (non-hydrogen) atoms. The van der Waals surface area contributed by atoms with Gasteiger partial charge in [0.2, 0.25) is 0 Å². The zero-order valence-corrected chi connectivity index (χ0v) is 8.65. The molecule has 0 aromatic rings. The fourth-order valence-electron chi connectivity index (χ4n) is 0. The predicted molar refractivity (Wildman–Crippen MR) is 41.8 cm³/mol. The second-order valence-electron chi connectivity index (χ2n) is 1.00. The molecule has 0 saturated carbocycles. The number of allylic oxidation sites excluding steroid dienone is 3. The van der Waals surface area contributed by atoms with Crippen molar-refractivity contribution in [3.63, 3.8) is 0 Å². The molecule has 0 nitrogen and oxygen atoms in total. The zero-order valence-electron chi connectivity index (χ0n) is 5.72. The fourth-order valence-corrected chi connectivity index (χ4v) is 0. The summed E-state index contributed by atoms with van der Waals surface area (Å²) in [6, 6.07) is 0. The zero-order chi connectivity index (χ0) is 6.12. The van der Waals surface area contributed by atoms with Crippen LogP contribution in [0.2, 0.25) is 0 Å². The Kier molecular flexibility index (Phi) is 106. The van der Waals surface area contributed by atoms with Crippen LogP contribution >= 0.6 is 0 Å². The van der Waals surface area contributed by atoms with Crippen LogP contribution in [0.5, 0.6) is 0 Å². The van der Waals surface area contributed by atoms with Crippen LogP contribution in [0.3, 0.4) is 0 Å². The van der Waals surface area contributed by atoms with Gasteiger partial charge in [-0.3, -0.25) is 6.08 Å². The maximum atomic E-state index is 4.72. The molecule has 0 unspecified atom stereocenters. The monoisotopic (exact) mass is 297 g/mol. The van der Waals surface area contributed by atoms with Gasteiger partial charge in [0.05, 0.1) is 0 Å². The summed E-state index contributed by atoms with van der Waals surface area (Å²) in [7, 11) is 0. The van der Waals surface area contributed by atoms with Gasteiger partial charge in [-0.2, -0.15) is 0 Å². The van der Waals surface area contributed by atoms with Crippen molar-refractivity contribution in [2.45, 2.75) is 28.2 Å². The third kappa shape index (κ3) is 228. The summed E-state index contributed by atoms with van der Waals surface area (Å²) in [5, 5.41) is 0. The molecule has 0 rings (SSSR count). The third-order valence-electron chi connectivity index (χ3n) is 0.333. The van der Waals surface area contributed by atoms with Crippen molar-refractivity contribution in [1.82, 2.24) is 0 Å². The summed E-state index contributed by atoms with van der Waals surface area (Å²) < 4.78 is 0. The Morgan fingerprint density at radius 3 is 1.11 bits per heavy atom. The van der Waals surface area contributed by atoms with Gasteiger partial charge >= 0.3 is 0 Å². The van der Waals surface area contributed by atoms with Gasteiger partial charge in [-0.05, 0) is 13.8 Å². The molecule has 0 spiro atoms. The molecule has 0 aliphatic heterocycles. The normalized spacial score (nSPS) is 5.67. The van der Waals surface area contributed by atoms with Crippen LogP contribution in [-0.2, 0) is 21.1 Å². The van der Waals surface area contributed by atoms with Crippen molar-refractivity contribution in [1.29, 1.82) is 0 Å². The first-order chi connectivity index (χ1) is 3.33. The molecular weight excluding hydrogens is 280 g/mol. The molecule has 0 aromatic carbocycles. The smallest absolute Gasteiger partial charge is 0 e. The number of rotatable bonds is 0. The Labute approximate surface area is 74.3 Å². The maximum Gasteiger partial charge on any atom is 0 e. The molecule has 0 radical (unpaired) electrons. The van der Waals surface area contributed by atoms with Gasteiger partial charge in [-0.1, -0.05) is 26.5 Å². The van der Waals surface area contributed by atoms with Gasteiger partial charge in [0.15, 0.2) is 0 Å². The van der Waals surface area contributed by atoms with Gasteiger partial charge in [0, 0.05) is 21.1 Å². The maximum absolute atomic E-state index is 4.72. The Balaban J connectivity index is -0.0000000233. The first kappa shape index (κ1) is 22.9. The van der Waals surface area contributed by atoms with Crippen LogP contribution in [0.25, 0.3) is 0 Å². The second kappa shape index (κ2) is 41.8. The molecule has 0 aliphatic rings. The molecule has 1 heteroatoms. The topological polar surface area (TPSA) is 0 Å². The molecule has 0 amide bonds. The van der Waals surface area contributed by atoms with Gasteiger partial charge in [-0.15, -0.1) is 0 Å². The Bertz CT molecular complexity index is 42.5. The van der Waals surface area contributed by atoms with Crippen LogP contribution < -0.4 is 0 Å². The van der Waals surface area contributed by atoms with E-state index in [-0.39, 0.29) is 28.5 Å². The summed E-state index contributed by atoms with van der Waals surface area (Å²) in [5.41, 5.74) is 0. The van der Waals surface area contributed by atoms with E-state index in [4.69, 9.17) is 6.58 Å². The standard InChI is InChI=1S/C4H8.C3H5.CH4.W/c1-3-4-2;1-3-2;;/h3-4H,1-2H3;1,3H,2H3;1H4;/q;-1;;. The van der Waals surface area contributed by atoms with E-state index in [0.717, 1.165) is 0 Å². The first-order valence-corrected chi connectivity index (χ1v) is 2.40. The van der Waals surface area contributed by atoms with Crippen molar-refractivity contribution >= 4 is 0 Å². The minimum Gasteiger partial charge on any atom is -0.518 e. The minimum atomic E-state index is 0. The van der Waals surface area contributed by atoms with Crippen molar-refractivity contribution in [2.75, 3.05) is 0 Å². The van der Waals surface area contributed by atoms with E-state index in [9.17, 15) is 0 Å². The minimum absolute atomic E-state index is 0. The van der Waals surface area contributed by atoms with E-state index in [1.807, 2.05) is 26.0 Å². The van der Waals surface area contributed by atoms with Gasteiger partial charge in [0.25, 0.3) is 0 Å². The SMILES string of the molecule is C.CC=CC.[CH-]=CC.[W]. The summed E-state index contributed by atoms with van der Waals surface area (Å²) in [4.78, 5) is 0. The largest absolute Gasteiger partial charge is 0.518 e. The summed E-state index contributed by atoms with van der Waals surface area (Å²) in [6.07, 6.45) is 5.50. The predicted octanol–water partition coefficient (Wildman–Crippen LogP) is 3.21. The van der Waals surface area contributed by atoms with Crippen molar-refractivity contribution in [3.8, 4) is 0 Å². The van der Waals surface area contributed by atoms with E-state index in [1.165, 1.54) is 6.08 Å². The van der Waals surface area contributed by atoms with Crippen LogP contribution in [0.1, 0.15) is 28.2 Å². The van der Waals surface area contributed by atoms with E-state index in [0.29, 0.717) is 0 Å². The quantitative estimate of drug-likeness (QED) is 0.476. The van der Waals surface area contributed by atoms with E-state index >= 15 is 0 Å². The summed E-state index contributed by atoms with van der Waals surface area (Å²) in [6.45, 7) is 10.5. The number of hydrogen-bond acceptors (Lipinski definition) is 0. The van der Waals surface area contributed by atoms with E-state index in [2.05, 4.69) is 0 Å². The van der Waals surface area contributed by atoms with Crippen LogP contribution in [0.4, 0.5) is 0 Å². The molecule has 0 bridgehead atoms. The number of hydrogen-bond donors (Lipinski definition) is 0. The van der Waals surface area contributed by atoms with Crippen LogP contribution in [0.15, 0.2) is 18.2 Å². The van der Waals surface area contributed by atoms with Crippen molar-refractivity contribution < 1.29 is 21.1 Å². The average molecular weight is 297 g/mol. The second-order valence-corrected chi connectivity index (χ2v) is 1.00. The van der Waals surface area contributed by atoms with Crippen LogP contribution in [0, 0.1) is 6.58 Å². The van der Waals surface area contributed by atoms with Crippen molar-refractivity contribution in [3.05, 3.63) is 24.8 Å². The molecule has 0 fully saturated rings. The summed E-state index contributed by atoms with van der Waals surface area (Å²) in [5.74, 6) is 0. The Morgan fingerprint density at radius 1 is 1.00 bits per heavy atom. The fraction of sp³-hybridized carbons (Fsp3) is 0.500. The first-order valence-electron chi connectivity index (χ1n) is 2.40. The molecule has 0 aliphatic carbocycles. The van der Waals surface area contributed by atoms with Crippen LogP contribution in [-0.4, -0.2) is 0 Å². The molecule has 0 atom stereocenters. The van der Waals surface area contributed by atoms with Gasteiger partial charge in [0.1, 0.15) is 0 Å². The molecule has 0 aromatic heterocycles. The molecule has 0 N–H and O–H groups in total. The summed E-state index contributed by atoms with van der Waals surface area (Å²) >= 11 is 0. The van der Waals surface area contributed by atoms with E-state index < -0.39 is 0 Å². The molecule has 0 heterocycles. The Hall–Kier alpha value is 0.168.